The Morgan fingerprint density at radius 2 is 1.95 bits per heavy atom. The van der Waals surface area contributed by atoms with Crippen LogP contribution in [0.1, 0.15) is 12.5 Å². The molecule has 1 heterocycles. The number of nitrogens with zero attached hydrogens (tertiary/aromatic N) is 2. The van der Waals surface area contributed by atoms with Gasteiger partial charge >= 0.3 is 0 Å². The van der Waals surface area contributed by atoms with Crippen molar-refractivity contribution in [3.05, 3.63) is 45.9 Å². The minimum atomic E-state index is -3.72. The number of anilines is 1. The zero-order valence-electron chi connectivity index (χ0n) is 10.5. The third kappa shape index (κ3) is 3.47. The third-order valence-corrected chi connectivity index (χ3v) is 4.61. The highest BCUT2D eigenvalue weighted by molar-refractivity contribution is 9.10. The van der Waals surface area contributed by atoms with E-state index in [4.69, 9.17) is 11.6 Å². The first kappa shape index (κ1) is 15.2. The van der Waals surface area contributed by atoms with Gasteiger partial charge in [-0.1, -0.05) is 22.9 Å². The molecular weight excluding hydrogens is 366 g/mol. The Bertz CT molecular complexity index is 720. The van der Waals surface area contributed by atoms with Crippen molar-refractivity contribution >= 4 is 43.2 Å². The molecule has 0 unspecified atom stereocenters. The number of rotatable bonds is 4. The van der Waals surface area contributed by atoms with E-state index in [1.807, 2.05) is 13.0 Å². The highest BCUT2D eigenvalue weighted by atomic mass is 79.9. The van der Waals surface area contributed by atoms with Gasteiger partial charge in [0.15, 0.2) is 0 Å². The molecule has 0 aliphatic heterocycles. The number of aromatic nitrogens is 2. The second-order valence-corrected chi connectivity index (χ2v) is 6.88. The maximum Gasteiger partial charge on any atom is 0.264 e. The van der Waals surface area contributed by atoms with Crippen LogP contribution >= 0.6 is 27.5 Å². The molecule has 20 heavy (non-hydrogen) atoms. The van der Waals surface area contributed by atoms with E-state index < -0.39 is 10.0 Å². The highest BCUT2D eigenvalue weighted by Gasteiger charge is 2.16. The second-order valence-electron chi connectivity index (χ2n) is 3.95. The van der Waals surface area contributed by atoms with Gasteiger partial charge in [-0.2, -0.15) is 0 Å². The maximum atomic E-state index is 12.2. The molecule has 5 nitrogen and oxygen atoms in total. The summed E-state index contributed by atoms with van der Waals surface area (Å²) in [6, 6.07) is 5.35. The molecule has 0 saturated carbocycles. The van der Waals surface area contributed by atoms with Crippen LogP contribution in [0.15, 0.2) is 40.0 Å². The van der Waals surface area contributed by atoms with Gasteiger partial charge in [-0.25, -0.2) is 18.4 Å². The molecule has 1 N–H and O–H groups in total. The van der Waals surface area contributed by atoms with Crippen molar-refractivity contribution in [1.29, 1.82) is 0 Å². The van der Waals surface area contributed by atoms with Crippen LogP contribution in [0.25, 0.3) is 0 Å². The molecule has 1 aromatic heterocycles. The lowest BCUT2D eigenvalue weighted by atomic mass is 10.1. The molecular formula is C12H11BrClN3O2S. The van der Waals surface area contributed by atoms with E-state index >= 15 is 0 Å². The lowest BCUT2D eigenvalue weighted by Gasteiger charge is -2.11. The van der Waals surface area contributed by atoms with Crippen molar-refractivity contribution in [2.45, 2.75) is 18.2 Å². The molecule has 0 saturated heterocycles. The largest absolute Gasteiger partial charge is 0.279 e. The summed E-state index contributed by atoms with van der Waals surface area (Å²) in [5.74, 6) is 0. The summed E-state index contributed by atoms with van der Waals surface area (Å²) in [6.45, 7) is 1.95. The maximum absolute atomic E-state index is 12.2. The first-order chi connectivity index (χ1) is 9.42. The molecule has 106 valence electrons. The average Bonchev–Trinajstić information content (AvgIpc) is 2.41. The fourth-order valence-electron chi connectivity index (χ4n) is 1.60. The van der Waals surface area contributed by atoms with Gasteiger partial charge in [0.2, 0.25) is 5.28 Å². The summed E-state index contributed by atoms with van der Waals surface area (Å²) in [7, 11) is -3.72. The van der Waals surface area contributed by atoms with Crippen molar-refractivity contribution in [1.82, 2.24) is 9.97 Å². The van der Waals surface area contributed by atoms with Crippen LogP contribution in [0, 0.1) is 0 Å². The molecule has 8 heteroatoms. The van der Waals surface area contributed by atoms with Crippen molar-refractivity contribution in [2.24, 2.45) is 0 Å². The van der Waals surface area contributed by atoms with Gasteiger partial charge in [0.05, 0.1) is 18.1 Å². The van der Waals surface area contributed by atoms with E-state index in [0.29, 0.717) is 12.1 Å². The molecule has 2 rings (SSSR count). The summed E-state index contributed by atoms with van der Waals surface area (Å²) in [5.41, 5.74) is 1.42. The van der Waals surface area contributed by atoms with Gasteiger partial charge in [-0.3, -0.25) is 4.72 Å². The number of hydrogen-bond acceptors (Lipinski definition) is 4. The van der Waals surface area contributed by atoms with Gasteiger partial charge in [0, 0.05) is 4.47 Å². The van der Waals surface area contributed by atoms with Gasteiger partial charge in [0.1, 0.15) is 4.90 Å². The zero-order chi connectivity index (χ0) is 14.8. The fraction of sp³-hybridized carbons (Fsp3) is 0.167. The number of aryl methyl sites for hydroxylation is 1. The van der Waals surface area contributed by atoms with Crippen LogP contribution in [-0.2, 0) is 16.4 Å². The van der Waals surface area contributed by atoms with Crippen LogP contribution in [0.4, 0.5) is 5.69 Å². The van der Waals surface area contributed by atoms with Crippen LogP contribution in [0.5, 0.6) is 0 Å². The number of hydrogen-bond donors (Lipinski definition) is 1. The van der Waals surface area contributed by atoms with Crippen LogP contribution in [0.3, 0.4) is 0 Å². The van der Waals surface area contributed by atoms with E-state index in [0.717, 1.165) is 10.0 Å². The number of sulfonamides is 1. The fourth-order valence-corrected chi connectivity index (χ4v) is 3.09. The van der Waals surface area contributed by atoms with Crippen molar-refractivity contribution in [3.63, 3.8) is 0 Å². The van der Waals surface area contributed by atoms with Crippen molar-refractivity contribution < 1.29 is 8.42 Å². The minimum Gasteiger partial charge on any atom is -0.279 e. The van der Waals surface area contributed by atoms with Gasteiger partial charge < -0.3 is 0 Å². The second kappa shape index (κ2) is 6.07. The number of nitrogens with one attached hydrogen (secondary N) is 1. The Hall–Kier alpha value is -1.18. The Morgan fingerprint density at radius 3 is 2.55 bits per heavy atom. The summed E-state index contributed by atoms with van der Waals surface area (Å²) in [6.07, 6.45) is 3.04. The summed E-state index contributed by atoms with van der Waals surface area (Å²) in [5, 5.41) is 0.00170. The molecule has 1 aromatic carbocycles. The molecule has 0 bridgehead atoms. The van der Waals surface area contributed by atoms with E-state index in [-0.39, 0.29) is 10.2 Å². The molecule has 0 fully saturated rings. The standard InChI is InChI=1S/C12H11BrClN3O2S/c1-2-8-5-9(13)3-4-11(8)17-20(18,19)10-6-15-12(14)16-7-10/h3-7,17H,2H2,1H3. The first-order valence-corrected chi connectivity index (χ1v) is 8.36. The van der Waals surface area contributed by atoms with E-state index in [2.05, 4.69) is 30.6 Å². The topological polar surface area (TPSA) is 72.0 Å². The molecule has 0 radical (unpaired) electrons. The molecule has 0 aliphatic rings. The Kier molecular flexibility index (Phi) is 4.62. The van der Waals surface area contributed by atoms with Crippen LogP contribution in [-0.4, -0.2) is 18.4 Å². The normalized spacial score (nSPS) is 11.3. The molecule has 0 aliphatic carbocycles. The Labute approximate surface area is 130 Å². The average molecular weight is 377 g/mol. The minimum absolute atomic E-state index is 0.00170. The first-order valence-electron chi connectivity index (χ1n) is 5.71. The quantitative estimate of drug-likeness (QED) is 0.831. The zero-order valence-corrected chi connectivity index (χ0v) is 13.6. The molecule has 2 aromatic rings. The van der Waals surface area contributed by atoms with E-state index in [1.165, 1.54) is 12.4 Å². The van der Waals surface area contributed by atoms with Crippen molar-refractivity contribution in [2.75, 3.05) is 4.72 Å². The smallest absolute Gasteiger partial charge is 0.264 e. The Morgan fingerprint density at radius 1 is 1.30 bits per heavy atom. The van der Waals surface area contributed by atoms with Crippen LogP contribution < -0.4 is 4.72 Å². The Balaban J connectivity index is 2.35. The predicted octanol–water partition coefficient (Wildman–Crippen LogP) is 3.26. The predicted molar refractivity (Wildman–Crippen MR) is 81.4 cm³/mol. The van der Waals surface area contributed by atoms with Crippen molar-refractivity contribution in [3.8, 4) is 0 Å². The number of benzene rings is 1. The SMILES string of the molecule is CCc1cc(Br)ccc1NS(=O)(=O)c1cnc(Cl)nc1. The van der Waals surface area contributed by atoms with E-state index in [1.54, 1.807) is 12.1 Å². The van der Waals surface area contributed by atoms with Gasteiger partial charge in [0.25, 0.3) is 10.0 Å². The van der Waals surface area contributed by atoms with Gasteiger partial charge in [-0.15, -0.1) is 0 Å². The molecule has 0 spiro atoms. The molecule has 0 atom stereocenters. The number of halogens is 2. The van der Waals surface area contributed by atoms with E-state index in [9.17, 15) is 8.42 Å². The monoisotopic (exact) mass is 375 g/mol. The van der Waals surface area contributed by atoms with Crippen LogP contribution in [0.2, 0.25) is 5.28 Å². The summed E-state index contributed by atoms with van der Waals surface area (Å²) < 4.78 is 27.9. The third-order valence-electron chi connectivity index (χ3n) is 2.60. The molecule has 0 amide bonds. The highest BCUT2D eigenvalue weighted by Crippen LogP contribution is 2.24. The van der Waals surface area contributed by atoms with Gasteiger partial charge in [-0.05, 0) is 41.8 Å². The summed E-state index contributed by atoms with van der Waals surface area (Å²) >= 11 is 8.90. The lowest BCUT2D eigenvalue weighted by Crippen LogP contribution is -2.14. The lowest BCUT2D eigenvalue weighted by molar-refractivity contribution is 0.600. The summed E-state index contributed by atoms with van der Waals surface area (Å²) in [4.78, 5) is 7.31.